The lowest BCUT2D eigenvalue weighted by Crippen LogP contribution is -2.42. The number of fused-ring (bicyclic) bond motifs is 1. The van der Waals surface area contributed by atoms with Gasteiger partial charge in [-0.25, -0.2) is 4.99 Å². The summed E-state index contributed by atoms with van der Waals surface area (Å²) in [4.78, 5) is 21.2. The molecule has 2 aromatic heterocycles. The molecule has 0 amide bonds. The molecule has 0 spiro atoms. The molecular formula is C18H17N3O2S2. The largest absolute Gasteiger partial charge is 0.494 e. The van der Waals surface area contributed by atoms with Gasteiger partial charge in [0.2, 0.25) is 0 Å². The van der Waals surface area contributed by atoms with Crippen molar-refractivity contribution in [1.29, 1.82) is 0 Å². The van der Waals surface area contributed by atoms with Crippen molar-refractivity contribution in [1.82, 2.24) is 4.57 Å². The highest BCUT2D eigenvalue weighted by Gasteiger charge is 2.16. The summed E-state index contributed by atoms with van der Waals surface area (Å²) in [5, 5.41) is 2.01. The highest BCUT2D eigenvalue weighted by atomic mass is 32.1. The van der Waals surface area contributed by atoms with Crippen molar-refractivity contribution in [3.05, 3.63) is 66.3 Å². The van der Waals surface area contributed by atoms with E-state index in [1.54, 1.807) is 15.9 Å². The summed E-state index contributed by atoms with van der Waals surface area (Å²) in [6, 6.07) is 11.9. The lowest BCUT2D eigenvalue weighted by molar-refractivity contribution is 0.340. The van der Waals surface area contributed by atoms with E-state index in [0.717, 1.165) is 25.6 Å². The Morgan fingerprint density at radius 1 is 1.28 bits per heavy atom. The minimum absolute atomic E-state index is 0.0211. The number of aromatic nitrogens is 1. The van der Waals surface area contributed by atoms with Crippen LogP contribution in [0.15, 0.2) is 51.6 Å². The van der Waals surface area contributed by atoms with Crippen LogP contribution < -0.4 is 24.5 Å². The first-order valence-corrected chi connectivity index (χ1v) is 9.71. The molecule has 3 aromatic rings. The molecule has 7 heteroatoms. The summed E-state index contributed by atoms with van der Waals surface area (Å²) in [5.74, 6) is 0.849. The second kappa shape index (κ2) is 6.85. The lowest BCUT2D eigenvalue weighted by atomic mass is 10.3. The van der Waals surface area contributed by atoms with Gasteiger partial charge in [-0.3, -0.25) is 9.36 Å². The highest BCUT2D eigenvalue weighted by Crippen LogP contribution is 2.20. The molecule has 3 heterocycles. The minimum Gasteiger partial charge on any atom is -0.494 e. The average molecular weight is 371 g/mol. The quantitative estimate of drug-likeness (QED) is 0.707. The SMILES string of the molecule is CCOc1ccc(N2CN=c3s/c(=C\c4cccs4)c(=O)n3C2)cc1. The number of ether oxygens (including phenoxy) is 1. The Balaban J connectivity index is 1.63. The molecule has 128 valence electrons. The normalized spacial score (nSPS) is 14.3. The first-order chi connectivity index (χ1) is 12.2. The number of nitrogens with zero attached hydrogens (tertiary/aromatic N) is 3. The van der Waals surface area contributed by atoms with Crippen LogP contribution in [0.4, 0.5) is 5.69 Å². The highest BCUT2D eigenvalue weighted by molar-refractivity contribution is 7.11. The Morgan fingerprint density at radius 3 is 2.84 bits per heavy atom. The summed E-state index contributed by atoms with van der Waals surface area (Å²) in [6.45, 7) is 3.68. The van der Waals surface area contributed by atoms with Gasteiger partial charge < -0.3 is 9.64 Å². The third-order valence-electron chi connectivity index (χ3n) is 3.91. The van der Waals surface area contributed by atoms with E-state index < -0.39 is 0 Å². The van der Waals surface area contributed by atoms with Crippen LogP contribution in [0.2, 0.25) is 0 Å². The van der Waals surface area contributed by atoms with Crippen molar-refractivity contribution >= 4 is 34.4 Å². The Morgan fingerprint density at radius 2 is 2.12 bits per heavy atom. The molecule has 1 aliphatic rings. The standard InChI is InChI=1S/C18H17N3O2S2/c1-2-23-14-7-5-13(6-8-14)20-11-19-18-21(12-20)17(22)16(25-18)10-15-4-3-9-24-15/h3-10H,2,11-12H2,1H3/b16-10-. The number of thiazole rings is 1. The maximum absolute atomic E-state index is 12.7. The number of hydrogen-bond acceptors (Lipinski definition) is 6. The van der Waals surface area contributed by atoms with Gasteiger partial charge in [-0.2, -0.15) is 0 Å². The molecule has 0 saturated carbocycles. The zero-order chi connectivity index (χ0) is 17.2. The van der Waals surface area contributed by atoms with E-state index in [0.29, 0.717) is 19.9 Å². The summed E-state index contributed by atoms with van der Waals surface area (Å²) in [5.41, 5.74) is 1.05. The van der Waals surface area contributed by atoms with Crippen LogP contribution in [-0.2, 0) is 6.67 Å². The smallest absolute Gasteiger partial charge is 0.271 e. The maximum Gasteiger partial charge on any atom is 0.271 e. The molecule has 0 fully saturated rings. The topological polar surface area (TPSA) is 46.8 Å². The molecule has 0 aliphatic carbocycles. The zero-order valence-electron chi connectivity index (χ0n) is 13.7. The van der Waals surface area contributed by atoms with Crippen LogP contribution >= 0.6 is 22.7 Å². The third-order valence-corrected chi connectivity index (χ3v) is 5.77. The van der Waals surface area contributed by atoms with Crippen LogP contribution in [0.3, 0.4) is 0 Å². The molecule has 0 bridgehead atoms. The van der Waals surface area contributed by atoms with Crippen molar-refractivity contribution < 1.29 is 4.74 Å². The van der Waals surface area contributed by atoms with Crippen molar-refractivity contribution in [3.8, 4) is 5.75 Å². The van der Waals surface area contributed by atoms with Crippen molar-refractivity contribution in [2.45, 2.75) is 13.6 Å². The summed E-state index contributed by atoms with van der Waals surface area (Å²) in [6.07, 6.45) is 1.94. The molecule has 25 heavy (non-hydrogen) atoms. The molecule has 1 aliphatic heterocycles. The molecule has 0 atom stereocenters. The zero-order valence-corrected chi connectivity index (χ0v) is 15.3. The predicted molar refractivity (Wildman–Crippen MR) is 102 cm³/mol. The van der Waals surface area contributed by atoms with Gasteiger partial charge in [0, 0.05) is 10.6 Å². The fourth-order valence-electron chi connectivity index (χ4n) is 2.70. The Hall–Kier alpha value is -2.38. The van der Waals surface area contributed by atoms with E-state index in [4.69, 9.17) is 4.74 Å². The second-order valence-electron chi connectivity index (χ2n) is 5.55. The van der Waals surface area contributed by atoms with Crippen LogP contribution in [0, 0.1) is 0 Å². The van der Waals surface area contributed by atoms with E-state index in [9.17, 15) is 4.79 Å². The number of hydrogen-bond donors (Lipinski definition) is 0. The molecule has 0 saturated heterocycles. The number of anilines is 1. The van der Waals surface area contributed by atoms with Gasteiger partial charge in [-0.05, 0) is 48.7 Å². The van der Waals surface area contributed by atoms with Crippen molar-refractivity contribution in [3.63, 3.8) is 0 Å². The van der Waals surface area contributed by atoms with E-state index in [1.807, 2.05) is 54.8 Å². The number of benzene rings is 1. The molecule has 0 radical (unpaired) electrons. The van der Waals surface area contributed by atoms with Crippen molar-refractivity contribution in [2.75, 3.05) is 18.2 Å². The van der Waals surface area contributed by atoms with Gasteiger partial charge >= 0.3 is 0 Å². The van der Waals surface area contributed by atoms with Gasteiger partial charge in [-0.1, -0.05) is 17.4 Å². The Kier molecular flexibility index (Phi) is 4.42. The van der Waals surface area contributed by atoms with Gasteiger partial charge in [-0.15, -0.1) is 11.3 Å². The fraction of sp³-hybridized carbons (Fsp3) is 0.222. The van der Waals surface area contributed by atoms with E-state index in [1.165, 1.54) is 11.3 Å². The molecule has 4 rings (SSSR count). The van der Waals surface area contributed by atoms with Gasteiger partial charge in [0.25, 0.3) is 5.56 Å². The van der Waals surface area contributed by atoms with Gasteiger partial charge in [0.15, 0.2) is 4.80 Å². The van der Waals surface area contributed by atoms with E-state index in [2.05, 4.69) is 9.89 Å². The van der Waals surface area contributed by atoms with E-state index in [-0.39, 0.29) is 5.56 Å². The monoisotopic (exact) mass is 371 g/mol. The minimum atomic E-state index is 0.0211. The van der Waals surface area contributed by atoms with Crippen LogP contribution in [0.5, 0.6) is 5.75 Å². The van der Waals surface area contributed by atoms with Crippen molar-refractivity contribution in [2.24, 2.45) is 4.99 Å². The van der Waals surface area contributed by atoms with Crippen LogP contribution in [-0.4, -0.2) is 17.8 Å². The summed E-state index contributed by atoms with van der Waals surface area (Å²) in [7, 11) is 0. The summed E-state index contributed by atoms with van der Waals surface area (Å²) < 4.78 is 7.95. The first-order valence-electron chi connectivity index (χ1n) is 8.02. The summed E-state index contributed by atoms with van der Waals surface area (Å²) >= 11 is 3.08. The average Bonchev–Trinajstić information content (AvgIpc) is 3.25. The molecule has 0 unspecified atom stereocenters. The Labute approximate surface area is 152 Å². The Bertz CT molecular complexity index is 1030. The second-order valence-corrected chi connectivity index (χ2v) is 7.54. The maximum atomic E-state index is 12.7. The molecular weight excluding hydrogens is 354 g/mol. The van der Waals surface area contributed by atoms with Gasteiger partial charge in [0.05, 0.1) is 11.1 Å². The fourth-order valence-corrected chi connectivity index (χ4v) is 4.38. The number of rotatable bonds is 4. The third kappa shape index (κ3) is 3.25. The van der Waals surface area contributed by atoms with Gasteiger partial charge in [0.1, 0.15) is 19.1 Å². The number of thiophene rings is 1. The van der Waals surface area contributed by atoms with Crippen LogP contribution in [0.25, 0.3) is 6.08 Å². The first kappa shape index (κ1) is 16.1. The molecule has 5 nitrogen and oxygen atoms in total. The molecule has 1 aromatic carbocycles. The van der Waals surface area contributed by atoms with E-state index >= 15 is 0 Å². The predicted octanol–water partition coefficient (Wildman–Crippen LogP) is 2.25. The molecule has 0 N–H and O–H groups in total. The van der Waals surface area contributed by atoms with Crippen LogP contribution in [0.1, 0.15) is 11.8 Å². The lowest BCUT2D eigenvalue weighted by Gasteiger charge is -2.25.